The molecule has 0 radical (unpaired) electrons. The number of rotatable bonds is 3. The molecule has 84 valence electrons. The first-order valence-corrected chi connectivity index (χ1v) is 5.36. The minimum Gasteiger partial charge on any atom is -0.378 e. The summed E-state index contributed by atoms with van der Waals surface area (Å²) in [6.45, 7) is 0.450. The molecule has 0 unspecified atom stereocenters. The van der Waals surface area contributed by atoms with Crippen LogP contribution in [-0.4, -0.2) is 20.2 Å². The number of aryl methyl sites for hydroxylation is 1. The molecule has 7 heteroatoms. The summed E-state index contributed by atoms with van der Waals surface area (Å²) in [5, 5.41) is 14.6. The first kappa shape index (κ1) is 11.0. The summed E-state index contributed by atoms with van der Waals surface area (Å²) in [4.78, 5) is 1.39. The van der Waals surface area contributed by atoms with Crippen LogP contribution in [0.3, 0.4) is 0 Å². The van der Waals surface area contributed by atoms with Crippen LogP contribution in [0.15, 0.2) is 22.7 Å². The molecular formula is C9H9BrFN5. The van der Waals surface area contributed by atoms with E-state index in [9.17, 15) is 4.39 Å². The maximum Gasteiger partial charge on any atom is 0.193 e. The number of aromatic nitrogens is 4. The summed E-state index contributed by atoms with van der Waals surface area (Å²) < 4.78 is 13.4. The molecule has 2 aromatic rings. The van der Waals surface area contributed by atoms with Crippen LogP contribution >= 0.6 is 15.9 Å². The van der Waals surface area contributed by atoms with Gasteiger partial charge < -0.3 is 5.32 Å². The average molecular weight is 286 g/mol. The summed E-state index contributed by atoms with van der Waals surface area (Å²) in [6.07, 6.45) is 0. The molecule has 16 heavy (non-hydrogen) atoms. The van der Waals surface area contributed by atoms with Crippen molar-refractivity contribution < 1.29 is 4.39 Å². The largest absolute Gasteiger partial charge is 0.378 e. The third kappa shape index (κ3) is 2.54. The van der Waals surface area contributed by atoms with Crippen molar-refractivity contribution in [2.75, 3.05) is 5.32 Å². The molecule has 0 saturated carbocycles. The van der Waals surface area contributed by atoms with Gasteiger partial charge in [-0.25, -0.2) is 4.39 Å². The van der Waals surface area contributed by atoms with Gasteiger partial charge in [-0.1, -0.05) is 0 Å². The molecule has 1 aromatic carbocycles. The maximum absolute atomic E-state index is 13.0. The van der Waals surface area contributed by atoms with Crippen LogP contribution in [-0.2, 0) is 13.6 Å². The molecule has 0 fully saturated rings. The van der Waals surface area contributed by atoms with Crippen molar-refractivity contribution in [1.29, 1.82) is 0 Å². The number of nitrogens with one attached hydrogen (secondary N) is 1. The summed E-state index contributed by atoms with van der Waals surface area (Å²) in [5.74, 6) is 0.297. The molecule has 0 spiro atoms. The Balaban J connectivity index is 2.02. The van der Waals surface area contributed by atoms with E-state index >= 15 is 0 Å². The van der Waals surface area contributed by atoms with Crippen LogP contribution in [0.25, 0.3) is 0 Å². The van der Waals surface area contributed by atoms with Gasteiger partial charge in [-0.15, -0.1) is 10.2 Å². The lowest BCUT2D eigenvalue weighted by molar-refractivity contribution is 0.621. The van der Waals surface area contributed by atoms with E-state index in [-0.39, 0.29) is 5.82 Å². The molecule has 0 amide bonds. The predicted molar refractivity (Wildman–Crippen MR) is 60.2 cm³/mol. The van der Waals surface area contributed by atoms with E-state index in [1.165, 1.54) is 10.9 Å². The minimum absolute atomic E-state index is 0.289. The van der Waals surface area contributed by atoms with Gasteiger partial charge in [0.25, 0.3) is 0 Å². The predicted octanol–water partition coefficient (Wildman–Crippen LogP) is 1.72. The van der Waals surface area contributed by atoms with Crippen LogP contribution < -0.4 is 5.32 Å². The summed E-state index contributed by atoms with van der Waals surface area (Å²) >= 11 is 3.11. The van der Waals surface area contributed by atoms with Gasteiger partial charge in [0.1, 0.15) is 5.82 Å². The Morgan fingerprint density at radius 1 is 1.50 bits per heavy atom. The van der Waals surface area contributed by atoms with Crippen molar-refractivity contribution in [2.45, 2.75) is 6.54 Å². The number of hydrogen-bond acceptors (Lipinski definition) is 4. The highest BCUT2D eigenvalue weighted by Gasteiger charge is 2.02. The van der Waals surface area contributed by atoms with Crippen molar-refractivity contribution in [1.82, 2.24) is 20.2 Å². The van der Waals surface area contributed by atoms with Crippen molar-refractivity contribution in [3.63, 3.8) is 0 Å². The maximum atomic E-state index is 13.0. The molecule has 1 heterocycles. The molecule has 0 bridgehead atoms. The van der Waals surface area contributed by atoms with E-state index in [1.807, 2.05) is 0 Å². The van der Waals surface area contributed by atoms with Crippen LogP contribution in [0.5, 0.6) is 0 Å². The highest BCUT2D eigenvalue weighted by molar-refractivity contribution is 9.10. The molecular weight excluding hydrogens is 277 g/mol. The second-order valence-corrected chi connectivity index (χ2v) is 4.03. The normalized spacial score (nSPS) is 10.4. The first-order valence-electron chi connectivity index (χ1n) is 4.57. The molecule has 1 aromatic heterocycles. The number of nitrogens with zero attached hydrogens (tertiary/aromatic N) is 4. The zero-order valence-electron chi connectivity index (χ0n) is 8.48. The molecule has 0 aliphatic heterocycles. The van der Waals surface area contributed by atoms with E-state index in [0.29, 0.717) is 16.8 Å². The highest BCUT2D eigenvalue weighted by Crippen LogP contribution is 2.20. The number of benzene rings is 1. The molecule has 2 rings (SSSR count). The van der Waals surface area contributed by atoms with Gasteiger partial charge in [-0.2, -0.15) is 4.80 Å². The fourth-order valence-electron chi connectivity index (χ4n) is 1.18. The topological polar surface area (TPSA) is 55.6 Å². The van der Waals surface area contributed by atoms with Crippen molar-refractivity contribution in [3.05, 3.63) is 34.3 Å². The molecule has 0 aliphatic rings. The minimum atomic E-state index is -0.289. The zero-order chi connectivity index (χ0) is 11.5. The first-order chi connectivity index (χ1) is 7.65. The zero-order valence-corrected chi connectivity index (χ0v) is 10.1. The van der Waals surface area contributed by atoms with Gasteiger partial charge in [-0.05, 0) is 39.3 Å². The lowest BCUT2D eigenvalue weighted by Gasteiger charge is -2.04. The second-order valence-electron chi connectivity index (χ2n) is 3.18. The van der Waals surface area contributed by atoms with E-state index in [1.54, 1.807) is 19.2 Å². The number of hydrogen-bond donors (Lipinski definition) is 1. The molecule has 0 aliphatic carbocycles. The van der Waals surface area contributed by atoms with Crippen molar-refractivity contribution >= 4 is 21.6 Å². The lowest BCUT2D eigenvalue weighted by atomic mass is 10.3. The van der Waals surface area contributed by atoms with Crippen LogP contribution in [0.1, 0.15) is 5.82 Å². The summed E-state index contributed by atoms with van der Waals surface area (Å²) in [5.41, 5.74) is 0.792. The van der Waals surface area contributed by atoms with Gasteiger partial charge in [0.2, 0.25) is 0 Å². The Hall–Kier alpha value is -1.50. The fraction of sp³-hybridized carbons (Fsp3) is 0.222. The Kier molecular flexibility index (Phi) is 3.14. The Morgan fingerprint density at radius 3 is 2.94 bits per heavy atom. The van der Waals surface area contributed by atoms with Gasteiger partial charge >= 0.3 is 0 Å². The van der Waals surface area contributed by atoms with E-state index < -0.39 is 0 Å². The SMILES string of the molecule is Cn1nnc(CNc2ccc(F)c(Br)c2)n1. The van der Waals surface area contributed by atoms with Crippen molar-refractivity contribution in [2.24, 2.45) is 7.05 Å². The number of halogens is 2. The third-order valence-corrected chi connectivity index (χ3v) is 2.53. The monoisotopic (exact) mass is 285 g/mol. The number of anilines is 1. The molecule has 5 nitrogen and oxygen atoms in total. The molecule has 1 N–H and O–H groups in total. The lowest BCUT2D eigenvalue weighted by Crippen LogP contribution is -2.02. The molecule has 0 atom stereocenters. The second kappa shape index (κ2) is 4.56. The smallest absolute Gasteiger partial charge is 0.193 e. The van der Waals surface area contributed by atoms with Crippen molar-refractivity contribution in [3.8, 4) is 0 Å². The Bertz CT molecular complexity index is 498. The average Bonchev–Trinajstić information content (AvgIpc) is 2.66. The van der Waals surface area contributed by atoms with E-state index in [0.717, 1.165) is 5.69 Å². The van der Waals surface area contributed by atoms with E-state index in [4.69, 9.17) is 0 Å². The standard InChI is InChI=1S/C9H9BrFN5/c1-16-14-9(13-15-16)5-12-6-2-3-8(11)7(10)4-6/h2-4,12H,5H2,1H3. The van der Waals surface area contributed by atoms with Crippen LogP contribution in [0.4, 0.5) is 10.1 Å². The Morgan fingerprint density at radius 2 is 2.31 bits per heavy atom. The van der Waals surface area contributed by atoms with Crippen LogP contribution in [0, 0.1) is 5.82 Å². The molecule has 0 saturated heterocycles. The summed E-state index contributed by atoms with van der Waals surface area (Å²) in [7, 11) is 1.70. The van der Waals surface area contributed by atoms with Gasteiger partial charge in [0, 0.05) is 5.69 Å². The fourth-order valence-corrected chi connectivity index (χ4v) is 1.56. The summed E-state index contributed by atoms with van der Waals surface area (Å²) in [6, 6.07) is 4.69. The van der Waals surface area contributed by atoms with Gasteiger partial charge in [0.15, 0.2) is 5.82 Å². The van der Waals surface area contributed by atoms with Gasteiger partial charge in [-0.3, -0.25) is 0 Å². The van der Waals surface area contributed by atoms with E-state index in [2.05, 4.69) is 36.7 Å². The van der Waals surface area contributed by atoms with Gasteiger partial charge in [0.05, 0.1) is 18.1 Å². The number of tetrazole rings is 1. The Labute approximate surface area is 99.8 Å². The highest BCUT2D eigenvalue weighted by atomic mass is 79.9. The van der Waals surface area contributed by atoms with Crippen LogP contribution in [0.2, 0.25) is 0 Å². The third-order valence-electron chi connectivity index (χ3n) is 1.92. The quantitative estimate of drug-likeness (QED) is 0.933.